The Bertz CT molecular complexity index is 945. The van der Waals surface area contributed by atoms with Crippen molar-refractivity contribution in [2.45, 2.75) is 6.61 Å². The lowest BCUT2D eigenvalue weighted by atomic mass is 10.2. The smallest absolute Gasteiger partial charge is 0.161 e. The van der Waals surface area contributed by atoms with Gasteiger partial charge in [0.15, 0.2) is 11.5 Å². The molecule has 0 radical (unpaired) electrons. The van der Waals surface area contributed by atoms with Crippen LogP contribution in [0.25, 0.3) is 0 Å². The second-order valence-corrected chi connectivity index (χ2v) is 6.45. The first kappa shape index (κ1) is 19.1. The van der Waals surface area contributed by atoms with Crippen LogP contribution >= 0.6 is 23.2 Å². The Morgan fingerprint density at radius 2 is 1.67 bits per heavy atom. The standard InChI is InChI=1S/C21H18Cl2N2O2/c1-26-21-12-15(13-24-25-19-9-5-4-8-18(19)23)10-11-20(21)27-14-16-6-2-3-7-17(16)22/h2-13,25H,14H2,1H3/b24-13-. The number of ether oxygens (including phenoxy) is 2. The Morgan fingerprint density at radius 3 is 2.41 bits per heavy atom. The van der Waals surface area contributed by atoms with Crippen molar-refractivity contribution in [2.75, 3.05) is 12.5 Å². The highest BCUT2D eigenvalue weighted by Gasteiger charge is 2.07. The Hall–Kier alpha value is -2.69. The van der Waals surface area contributed by atoms with Crippen molar-refractivity contribution in [1.82, 2.24) is 0 Å². The van der Waals surface area contributed by atoms with Gasteiger partial charge in [-0.3, -0.25) is 5.43 Å². The van der Waals surface area contributed by atoms with Gasteiger partial charge >= 0.3 is 0 Å². The molecule has 0 saturated carbocycles. The van der Waals surface area contributed by atoms with Gasteiger partial charge < -0.3 is 9.47 Å². The second-order valence-electron chi connectivity index (χ2n) is 5.64. The predicted octanol–water partition coefficient (Wildman–Crippen LogP) is 6.03. The molecule has 0 aliphatic rings. The molecule has 138 valence electrons. The summed E-state index contributed by atoms with van der Waals surface area (Å²) < 4.78 is 11.3. The summed E-state index contributed by atoms with van der Waals surface area (Å²) in [4.78, 5) is 0. The summed E-state index contributed by atoms with van der Waals surface area (Å²) in [5, 5.41) is 5.49. The van der Waals surface area contributed by atoms with Gasteiger partial charge in [-0.25, -0.2) is 0 Å². The van der Waals surface area contributed by atoms with Crippen molar-refractivity contribution in [3.8, 4) is 11.5 Å². The number of hydrazone groups is 1. The maximum absolute atomic E-state index is 6.16. The number of rotatable bonds is 7. The van der Waals surface area contributed by atoms with E-state index in [0.29, 0.717) is 28.2 Å². The van der Waals surface area contributed by atoms with Crippen molar-refractivity contribution < 1.29 is 9.47 Å². The van der Waals surface area contributed by atoms with E-state index in [1.54, 1.807) is 19.4 Å². The van der Waals surface area contributed by atoms with Gasteiger partial charge in [0.2, 0.25) is 0 Å². The fourth-order valence-corrected chi connectivity index (χ4v) is 2.75. The SMILES string of the molecule is COc1cc(/C=N\Nc2ccccc2Cl)ccc1OCc1ccccc1Cl. The van der Waals surface area contributed by atoms with E-state index < -0.39 is 0 Å². The summed E-state index contributed by atoms with van der Waals surface area (Å²) in [5.74, 6) is 1.25. The maximum Gasteiger partial charge on any atom is 0.161 e. The minimum absolute atomic E-state index is 0.359. The predicted molar refractivity (Wildman–Crippen MR) is 111 cm³/mol. The first-order valence-corrected chi connectivity index (χ1v) is 9.01. The lowest BCUT2D eigenvalue weighted by molar-refractivity contribution is 0.284. The average molecular weight is 401 g/mol. The van der Waals surface area contributed by atoms with Crippen molar-refractivity contribution in [1.29, 1.82) is 0 Å². The first-order valence-electron chi connectivity index (χ1n) is 8.25. The van der Waals surface area contributed by atoms with Crippen LogP contribution in [0.1, 0.15) is 11.1 Å². The zero-order chi connectivity index (χ0) is 19.1. The molecule has 0 saturated heterocycles. The summed E-state index contributed by atoms with van der Waals surface area (Å²) in [7, 11) is 1.60. The van der Waals surface area contributed by atoms with Crippen LogP contribution in [0, 0.1) is 0 Å². The molecular weight excluding hydrogens is 383 g/mol. The summed E-state index contributed by atoms with van der Waals surface area (Å²) in [5.41, 5.74) is 5.43. The highest BCUT2D eigenvalue weighted by molar-refractivity contribution is 6.33. The molecule has 0 aliphatic heterocycles. The number of halogens is 2. The van der Waals surface area contributed by atoms with E-state index in [-0.39, 0.29) is 0 Å². The van der Waals surface area contributed by atoms with Crippen LogP contribution in [-0.4, -0.2) is 13.3 Å². The normalized spacial score (nSPS) is 10.8. The molecule has 0 heterocycles. The lowest BCUT2D eigenvalue weighted by Gasteiger charge is -2.12. The van der Waals surface area contributed by atoms with Gasteiger partial charge in [0.05, 0.1) is 24.0 Å². The minimum Gasteiger partial charge on any atom is -0.493 e. The molecular formula is C21H18Cl2N2O2. The molecule has 1 N–H and O–H groups in total. The molecule has 3 aromatic rings. The molecule has 4 nitrogen and oxygen atoms in total. The van der Waals surface area contributed by atoms with Gasteiger partial charge in [-0.1, -0.05) is 53.5 Å². The highest BCUT2D eigenvalue weighted by atomic mass is 35.5. The minimum atomic E-state index is 0.359. The first-order chi connectivity index (χ1) is 13.2. The summed E-state index contributed by atoms with van der Waals surface area (Å²) in [6, 6.07) is 20.6. The molecule has 0 unspecified atom stereocenters. The Morgan fingerprint density at radius 1 is 0.926 bits per heavy atom. The zero-order valence-corrected chi connectivity index (χ0v) is 16.2. The Kier molecular flexibility index (Phi) is 6.58. The molecule has 27 heavy (non-hydrogen) atoms. The van der Waals surface area contributed by atoms with Gasteiger partial charge in [-0.05, 0) is 42.0 Å². The monoisotopic (exact) mass is 400 g/mol. The number of nitrogens with zero attached hydrogens (tertiary/aromatic N) is 1. The number of hydrogen-bond donors (Lipinski definition) is 1. The van der Waals surface area contributed by atoms with Crippen LogP contribution in [-0.2, 0) is 6.61 Å². The second kappa shape index (κ2) is 9.31. The fraction of sp³-hybridized carbons (Fsp3) is 0.0952. The maximum atomic E-state index is 6.16. The van der Waals surface area contributed by atoms with Crippen LogP contribution in [0.3, 0.4) is 0 Å². The largest absolute Gasteiger partial charge is 0.493 e. The third kappa shape index (κ3) is 5.16. The Balaban J connectivity index is 1.67. The third-order valence-corrected chi connectivity index (χ3v) is 4.50. The zero-order valence-electron chi connectivity index (χ0n) is 14.7. The molecule has 3 rings (SSSR count). The summed E-state index contributed by atoms with van der Waals surface area (Å²) in [6.07, 6.45) is 1.68. The van der Waals surface area contributed by atoms with Gasteiger partial charge in [0, 0.05) is 10.6 Å². The van der Waals surface area contributed by atoms with Gasteiger partial charge in [-0.15, -0.1) is 0 Å². The van der Waals surface area contributed by atoms with Crippen molar-refractivity contribution in [3.05, 3.63) is 87.9 Å². The number of para-hydroxylation sites is 1. The number of nitrogens with one attached hydrogen (secondary N) is 1. The molecule has 0 aliphatic carbocycles. The highest BCUT2D eigenvalue weighted by Crippen LogP contribution is 2.29. The molecule has 6 heteroatoms. The number of benzene rings is 3. The van der Waals surface area contributed by atoms with E-state index in [1.165, 1.54) is 0 Å². The van der Waals surface area contributed by atoms with E-state index in [9.17, 15) is 0 Å². The van der Waals surface area contributed by atoms with Gasteiger partial charge in [0.25, 0.3) is 0 Å². The van der Waals surface area contributed by atoms with E-state index in [2.05, 4.69) is 10.5 Å². The van der Waals surface area contributed by atoms with E-state index in [1.807, 2.05) is 60.7 Å². The van der Waals surface area contributed by atoms with Gasteiger partial charge in [0.1, 0.15) is 6.61 Å². The molecule has 0 aromatic heterocycles. The molecule has 0 amide bonds. The molecule has 3 aromatic carbocycles. The van der Waals surface area contributed by atoms with E-state index >= 15 is 0 Å². The van der Waals surface area contributed by atoms with E-state index in [4.69, 9.17) is 32.7 Å². The van der Waals surface area contributed by atoms with E-state index in [0.717, 1.165) is 16.8 Å². The van der Waals surface area contributed by atoms with Crippen LogP contribution in [0.4, 0.5) is 5.69 Å². The molecule has 0 atom stereocenters. The fourth-order valence-electron chi connectivity index (χ4n) is 2.38. The van der Waals surface area contributed by atoms with Crippen LogP contribution in [0.2, 0.25) is 10.0 Å². The number of hydrogen-bond acceptors (Lipinski definition) is 4. The summed E-state index contributed by atoms with van der Waals surface area (Å²) >= 11 is 12.3. The molecule has 0 fully saturated rings. The molecule has 0 bridgehead atoms. The van der Waals surface area contributed by atoms with Crippen molar-refractivity contribution in [2.24, 2.45) is 5.10 Å². The summed E-state index contributed by atoms with van der Waals surface area (Å²) in [6.45, 7) is 0.359. The van der Waals surface area contributed by atoms with Crippen LogP contribution in [0.15, 0.2) is 71.8 Å². The molecule has 0 spiro atoms. The topological polar surface area (TPSA) is 42.8 Å². The van der Waals surface area contributed by atoms with Gasteiger partial charge in [-0.2, -0.15) is 5.10 Å². The Labute approximate surface area is 168 Å². The average Bonchev–Trinajstić information content (AvgIpc) is 2.69. The van der Waals surface area contributed by atoms with Crippen molar-refractivity contribution in [3.63, 3.8) is 0 Å². The third-order valence-electron chi connectivity index (χ3n) is 3.80. The van der Waals surface area contributed by atoms with Crippen LogP contribution < -0.4 is 14.9 Å². The van der Waals surface area contributed by atoms with Crippen LogP contribution in [0.5, 0.6) is 11.5 Å². The number of methoxy groups -OCH3 is 1. The van der Waals surface area contributed by atoms with Crippen molar-refractivity contribution >= 4 is 35.1 Å². The lowest BCUT2D eigenvalue weighted by Crippen LogP contribution is -1.99. The number of anilines is 1. The quantitative estimate of drug-likeness (QED) is 0.389.